The number of rotatable bonds is 0. The van der Waals surface area contributed by atoms with Crippen LogP contribution >= 0.6 is 0 Å². The lowest BCUT2D eigenvalue weighted by atomic mass is 9.74. The molecule has 1 aliphatic carbocycles. The van der Waals surface area contributed by atoms with Crippen LogP contribution in [0.2, 0.25) is 0 Å². The Morgan fingerprint density at radius 3 is 2.67 bits per heavy atom. The van der Waals surface area contributed by atoms with Crippen molar-refractivity contribution >= 4 is 5.91 Å². The van der Waals surface area contributed by atoms with Crippen LogP contribution < -0.4 is 5.32 Å². The zero-order valence-electron chi connectivity index (χ0n) is 8.75. The van der Waals surface area contributed by atoms with Gasteiger partial charge in [-0.2, -0.15) is 0 Å². The van der Waals surface area contributed by atoms with Gasteiger partial charge in [-0.25, -0.2) is 0 Å². The van der Waals surface area contributed by atoms with Crippen LogP contribution in [0.3, 0.4) is 0 Å². The molecule has 1 saturated carbocycles. The molecule has 1 fully saturated rings. The first-order valence-corrected chi connectivity index (χ1v) is 5.70. The van der Waals surface area contributed by atoms with Gasteiger partial charge in [0.1, 0.15) is 0 Å². The number of hydrogen-bond donors (Lipinski definition) is 1. The van der Waals surface area contributed by atoms with E-state index in [-0.39, 0.29) is 11.3 Å². The molecule has 0 bridgehead atoms. The van der Waals surface area contributed by atoms with Gasteiger partial charge in [-0.05, 0) is 24.5 Å². The SMILES string of the molecule is O=C1NCC2(CCCC2)c2ccccc21. The Morgan fingerprint density at radius 2 is 1.87 bits per heavy atom. The first-order chi connectivity index (χ1) is 7.32. The lowest BCUT2D eigenvalue weighted by Crippen LogP contribution is -2.45. The summed E-state index contributed by atoms with van der Waals surface area (Å²) < 4.78 is 0. The lowest BCUT2D eigenvalue weighted by molar-refractivity contribution is 0.0925. The summed E-state index contributed by atoms with van der Waals surface area (Å²) in [4.78, 5) is 11.7. The molecule has 2 nitrogen and oxygen atoms in total. The molecule has 0 aromatic heterocycles. The maximum atomic E-state index is 11.7. The number of carbonyl (C=O) groups excluding carboxylic acids is 1. The molecule has 1 heterocycles. The summed E-state index contributed by atoms with van der Waals surface area (Å²) in [5.74, 6) is 0.100. The van der Waals surface area contributed by atoms with Crippen LogP contribution in [0.25, 0.3) is 0 Å². The summed E-state index contributed by atoms with van der Waals surface area (Å²) in [7, 11) is 0. The van der Waals surface area contributed by atoms with E-state index in [0.717, 1.165) is 12.1 Å². The molecule has 2 heteroatoms. The standard InChI is InChI=1S/C13H15NO/c15-12-10-5-1-2-6-11(10)13(9-14-12)7-3-4-8-13/h1-2,5-6H,3-4,7-9H2,(H,14,15). The van der Waals surface area contributed by atoms with Crippen LogP contribution in [0.4, 0.5) is 0 Å². The predicted octanol–water partition coefficient (Wildman–Crippen LogP) is 2.24. The molecule has 2 aliphatic rings. The van der Waals surface area contributed by atoms with Crippen LogP contribution in [-0.4, -0.2) is 12.5 Å². The highest BCUT2D eigenvalue weighted by molar-refractivity contribution is 5.97. The molecular weight excluding hydrogens is 186 g/mol. The van der Waals surface area contributed by atoms with Crippen molar-refractivity contribution in [1.82, 2.24) is 5.32 Å². The fourth-order valence-electron chi connectivity index (χ4n) is 3.08. The third kappa shape index (κ3) is 1.21. The number of hydrogen-bond acceptors (Lipinski definition) is 1. The second-order valence-corrected chi connectivity index (χ2v) is 4.72. The van der Waals surface area contributed by atoms with Crippen LogP contribution in [0.5, 0.6) is 0 Å². The highest BCUT2D eigenvalue weighted by Gasteiger charge is 2.41. The van der Waals surface area contributed by atoms with Crippen molar-refractivity contribution in [2.75, 3.05) is 6.54 Å². The van der Waals surface area contributed by atoms with E-state index in [1.165, 1.54) is 31.2 Å². The summed E-state index contributed by atoms with van der Waals surface area (Å²) >= 11 is 0. The van der Waals surface area contributed by atoms with Gasteiger partial charge in [-0.3, -0.25) is 4.79 Å². The van der Waals surface area contributed by atoms with E-state index in [4.69, 9.17) is 0 Å². The fraction of sp³-hybridized carbons (Fsp3) is 0.462. The predicted molar refractivity (Wildman–Crippen MR) is 58.9 cm³/mol. The minimum Gasteiger partial charge on any atom is -0.351 e. The Hall–Kier alpha value is -1.31. The average Bonchev–Trinajstić information content (AvgIpc) is 2.74. The Bertz CT molecular complexity index is 405. The van der Waals surface area contributed by atoms with E-state index in [0.29, 0.717) is 0 Å². The molecule has 15 heavy (non-hydrogen) atoms. The van der Waals surface area contributed by atoms with Crippen molar-refractivity contribution in [3.8, 4) is 0 Å². The molecule has 1 N–H and O–H groups in total. The maximum Gasteiger partial charge on any atom is 0.251 e. The van der Waals surface area contributed by atoms with Crippen molar-refractivity contribution in [3.05, 3.63) is 35.4 Å². The van der Waals surface area contributed by atoms with E-state index in [1.54, 1.807) is 0 Å². The summed E-state index contributed by atoms with van der Waals surface area (Å²) in [5.41, 5.74) is 2.43. The molecule has 1 spiro atoms. The quantitative estimate of drug-likeness (QED) is 0.685. The number of carbonyl (C=O) groups is 1. The molecule has 1 aromatic rings. The minimum absolute atomic E-state index is 0.100. The van der Waals surface area contributed by atoms with E-state index in [1.807, 2.05) is 12.1 Å². The molecule has 0 atom stereocenters. The summed E-state index contributed by atoms with van der Waals surface area (Å²) in [6.07, 6.45) is 5.04. The van der Waals surface area contributed by atoms with Gasteiger partial charge < -0.3 is 5.32 Å². The number of fused-ring (bicyclic) bond motifs is 2. The largest absolute Gasteiger partial charge is 0.351 e. The third-order valence-electron chi connectivity index (χ3n) is 3.89. The van der Waals surface area contributed by atoms with E-state index >= 15 is 0 Å². The normalized spacial score (nSPS) is 22.5. The molecule has 0 saturated heterocycles. The molecule has 1 aliphatic heterocycles. The maximum absolute atomic E-state index is 11.7. The molecule has 78 valence electrons. The zero-order valence-corrected chi connectivity index (χ0v) is 8.75. The van der Waals surface area contributed by atoms with Gasteiger partial charge in [0, 0.05) is 17.5 Å². The smallest absolute Gasteiger partial charge is 0.251 e. The Labute approximate surface area is 89.7 Å². The Balaban J connectivity index is 2.15. The summed E-state index contributed by atoms with van der Waals surface area (Å²) in [5, 5.41) is 3.03. The van der Waals surface area contributed by atoms with Crippen molar-refractivity contribution in [2.24, 2.45) is 0 Å². The number of amides is 1. The molecular formula is C13H15NO. The van der Waals surface area contributed by atoms with Crippen LogP contribution in [0.15, 0.2) is 24.3 Å². The van der Waals surface area contributed by atoms with E-state index in [2.05, 4.69) is 17.4 Å². The fourth-order valence-corrected chi connectivity index (χ4v) is 3.08. The number of nitrogens with one attached hydrogen (secondary N) is 1. The van der Waals surface area contributed by atoms with Crippen molar-refractivity contribution in [1.29, 1.82) is 0 Å². The van der Waals surface area contributed by atoms with Crippen molar-refractivity contribution < 1.29 is 4.79 Å². The Kier molecular flexibility index (Phi) is 1.84. The first kappa shape index (κ1) is 8.96. The second kappa shape index (κ2) is 3.09. The van der Waals surface area contributed by atoms with Gasteiger partial charge in [0.15, 0.2) is 0 Å². The van der Waals surface area contributed by atoms with Crippen LogP contribution in [0.1, 0.15) is 41.6 Å². The van der Waals surface area contributed by atoms with Crippen molar-refractivity contribution in [3.63, 3.8) is 0 Å². The van der Waals surface area contributed by atoms with Gasteiger partial charge in [0.05, 0.1) is 0 Å². The number of benzene rings is 1. The highest BCUT2D eigenvalue weighted by atomic mass is 16.1. The first-order valence-electron chi connectivity index (χ1n) is 5.70. The van der Waals surface area contributed by atoms with Crippen molar-refractivity contribution in [2.45, 2.75) is 31.1 Å². The van der Waals surface area contributed by atoms with Gasteiger partial charge in [0.25, 0.3) is 5.91 Å². The van der Waals surface area contributed by atoms with Gasteiger partial charge >= 0.3 is 0 Å². The summed E-state index contributed by atoms with van der Waals surface area (Å²) in [6.45, 7) is 0.836. The minimum atomic E-state index is 0.100. The zero-order chi connectivity index (χ0) is 10.3. The van der Waals surface area contributed by atoms with Gasteiger partial charge in [-0.15, -0.1) is 0 Å². The molecule has 3 rings (SSSR count). The average molecular weight is 201 g/mol. The van der Waals surface area contributed by atoms with E-state index < -0.39 is 0 Å². The van der Waals surface area contributed by atoms with E-state index in [9.17, 15) is 4.79 Å². The molecule has 1 aromatic carbocycles. The topological polar surface area (TPSA) is 29.1 Å². The van der Waals surface area contributed by atoms with Crippen LogP contribution in [0, 0.1) is 0 Å². The van der Waals surface area contributed by atoms with Crippen LogP contribution in [-0.2, 0) is 5.41 Å². The monoisotopic (exact) mass is 201 g/mol. The summed E-state index contributed by atoms with van der Waals surface area (Å²) in [6, 6.07) is 8.09. The van der Waals surface area contributed by atoms with Gasteiger partial charge in [0.2, 0.25) is 0 Å². The molecule has 1 amide bonds. The Morgan fingerprint density at radius 1 is 1.13 bits per heavy atom. The highest BCUT2D eigenvalue weighted by Crippen LogP contribution is 2.43. The van der Waals surface area contributed by atoms with Gasteiger partial charge in [-0.1, -0.05) is 31.0 Å². The molecule has 0 radical (unpaired) electrons. The lowest BCUT2D eigenvalue weighted by Gasteiger charge is -2.35. The second-order valence-electron chi connectivity index (χ2n) is 4.72. The molecule has 0 unspecified atom stereocenters. The third-order valence-corrected chi connectivity index (χ3v) is 3.89.